The van der Waals surface area contributed by atoms with Crippen molar-refractivity contribution in [2.45, 2.75) is 6.42 Å². The van der Waals surface area contributed by atoms with Gasteiger partial charge in [0, 0.05) is 6.42 Å². The van der Waals surface area contributed by atoms with Gasteiger partial charge in [0.2, 0.25) is 5.82 Å². The van der Waals surface area contributed by atoms with Crippen LogP contribution in [0.25, 0.3) is 11.7 Å². The van der Waals surface area contributed by atoms with Crippen molar-refractivity contribution in [2.75, 3.05) is 0 Å². The molecule has 0 fully saturated rings. The fourth-order valence-corrected chi connectivity index (χ4v) is 2.26. The number of aromatic nitrogens is 3. The molecule has 0 N–H and O–H groups in total. The van der Waals surface area contributed by atoms with Crippen molar-refractivity contribution in [3.63, 3.8) is 0 Å². The summed E-state index contributed by atoms with van der Waals surface area (Å²) >= 11 is 17.5. The van der Waals surface area contributed by atoms with Gasteiger partial charge in [-0.3, -0.25) is 0 Å². The van der Waals surface area contributed by atoms with Crippen LogP contribution in [0.4, 0.5) is 0 Å². The molecule has 0 atom stereocenters. The second kappa shape index (κ2) is 6.02. The van der Waals surface area contributed by atoms with E-state index in [0.717, 1.165) is 11.3 Å². The number of benzene rings is 1. The number of nitrogens with zero attached hydrogens (tertiary/aromatic N) is 3. The third-order valence-electron chi connectivity index (χ3n) is 2.74. The second-order valence-electron chi connectivity index (χ2n) is 4.25. The Morgan fingerprint density at radius 1 is 0.905 bits per heavy atom. The van der Waals surface area contributed by atoms with Crippen molar-refractivity contribution in [2.24, 2.45) is 0 Å². The molecule has 0 spiro atoms. The molecule has 0 bridgehead atoms. The zero-order valence-electron chi connectivity index (χ0n) is 10.6. The molecule has 0 saturated heterocycles. The van der Waals surface area contributed by atoms with Crippen LogP contribution in [0.3, 0.4) is 0 Å². The van der Waals surface area contributed by atoms with E-state index in [4.69, 9.17) is 39.2 Å². The van der Waals surface area contributed by atoms with Gasteiger partial charge in [-0.2, -0.15) is 0 Å². The van der Waals surface area contributed by atoms with Crippen LogP contribution < -0.4 is 0 Å². The Bertz CT molecular complexity index is 751. The first-order valence-electron chi connectivity index (χ1n) is 6.00. The van der Waals surface area contributed by atoms with E-state index in [0.29, 0.717) is 6.42 Å². The predicted octanol–water partition coefficient (Wildman–Crippen LogP) is 4.68. The molecule has 2 aromatic heterocycles. The number of hydrogen-bond donors (Lipinski definition) is 0. The Balaban J connectivity index is 1.88. The highest BCUT2D eigenvalue weighted by Crippen LogP contribution is 2.29. The highest BCUT2D eigenvalue weighted by Gasteiger charge is 2.15. The van der Waals surface area contributed by atoms with Gasteiger partial charge in [0.15, 0.2) is 10.3 Å². The molecule has 0 aliphatic rings. The Kier molecular flexibility index (Phi) is 4.10. The molecule has 0 saturated carbocycles. The van der Waals surface area contributed by atoms with Crippen LogP contribution in [0.15, 0.2) is 41.0 Å². The molecule has 3 aromatic rings. The fraction of sp³-hybridized carbons (Fsp3) is 0.0714. The lowest BCUT2D eigenvalue weighted by atomic mass is 10.1. The van der Waals surface area contributed by atoms with E-state index in [9.17, 15) is 0 Å². The van der Waals surface area contributed by atoms with E-state index < -0.39 is 0 Å². The summed E-state index contributed by atoms with van der Waals surface area (Å²) in [5.41, 5.74) is 1.90. The van der Waals surface area contributed by atoms with Gasteiger partial charge in [-0.1, -0.05) is 65.1 Å². The second-order valence-corrected chi connectivity index (χ2v) is 5.34. The lowest BCUT2D eigenvalue weighted by molar-refractivity contribution is 0.567. The van der Waals surface area contributed by atoms with Gasteiger partial charge in [-0.15, -0.1) is 0 Å². The predicted molar refractivity (Wildman–Crippen MR) is 81.8 cm³/mol. The molecule has 0 amide bonds. The molecule has 21 heavy (non-hydrogen) atoms. The van der Waals surface area contributed by atoms with Gasteiger partial charge in [0.1, 0.15) is 11.3 Å². The highest BCUT2D eigenvalue weighted by molar-refractivity contribution is 6.46. The minimum absolute atomic E-state index is 0.0643. The van der Waals surface area contributed by atoms with E-state index >= 15 is 0 Å². The standard InChI is InChI=1S/C14H8Cl3N3O/c15-10-11(16)19-13(20-12(10)17)14-18-9(7-21-14)6-8-4-2-1-3-5-8/h1-5,7H,6H2. The minimum atomic E-state index is 0.0643. The summed E-state index contributed by atoms with van der Waals surface area (Å²) in [7, 11) is 0. The van der Waals surface area contributed by atoms with Crippen LogP contribution in [0.1, 0.15) is 11.3 Å². The zero-order chi connectivity index (χ0) is 14.8. The number of halogens is 3. The zero-order valence-corrected chi connectivity index (χ0v) is 12.8. The first-order chi connectivity index (χ1) is 10.1. The number of rotatable bonds is 3. The third-order valence-corrected chi connectivity index (χ3v) is 3.84. The summed E-state index contributed by atoms with van der Waals surface area (Å²) in [5, 5.41) is 0.238. The fourth-order valence-electron chi connectivity index (χ4n) is 1.79. The van der Waals surface area contributed by atoms with Crippen molar-refractivity contribution >= 4 is 34.8 Å². The van der Waals surface area contributed by atoms with Crippen molar-refractivity contribution in [3.8, 4) is 11.7 Å². The molecule has 0 aliphatic heterocycles. The molecule has 4 nitrogen and oxygen atoms in total. The molecule has 7 heteroatoms. The monoisotopic (exact) mass is 339 g/mol. The Morgan fingerprint density at radius 2 is 1.57 bits per heavy atom. The van der Waals surface area contributed by atoms with Gasteiger partial charge in [-0.25, -0.2) is 15.0 Å². The van der Waals surface area contributed by atoms with E-state index in [1.165, 1.54) is 0 Å². The summed E-state index contributed by atoms with van der Waals surface area (Å²) in [5.74, 6) is 0.454. The van der Waals surface area contributed by atoms with E-state index in [1.807, 2.05) is 30.3 Å². The summed E-state index contributed by atoms with van der Waals surface area (Å²) in [6.45, 7) is 0. The largest absolute Gasteiger partial charge is 0.442 e. The Morgan fingerprint density at radius 3 is 2.24 bits per heavy atom. The maximum absolute atomic E-state index is 5.87. The molecule has 2 heterocycles. The van der Waals surface area contributed by atoms with Crippen LogP contribution in [0.5, 0.6) is 0 Å². The van der Waals surface area contributed by atoms with Gasteiger partial charge >= 0.3 is 0 Å². The summed E-state index contributed by atoms with van der Waals surface area (Å²) in [6, 6.07) is 9.93. The maximum atomic E-state index is 5.87. The van der Waals surface area contributed by atoms with Crippen molar-refractivity contribution in [1.82, 2.24) is 15.0 Å². The minimum Gasteiger partial charge on any atom is -0.442 e. The van der Waals surface area contributed by atoms with Crippen LogP contribution in [0, 0.1) is 0 Å². The summed E-state index contributed by atoms with van der Waals surface area (Å²) in [6.07, 6.45) is 2.21. The summed E-state index contributed by atoms with van der Waals surface area (Å²) in [4.78, 5) is 12.3. The number of oxazole rings is 1. The number of hydrogen-bond acceptors (Lipinski definition) is 4. The van der Waals surface area contributed by atoms with E-state index in [1.54, 1.807) is 6.26 Å². The normalized spacial score (nSPS) is 10.8. The molecule has 0 radical (unpaired) electrons. The van der Waals surface area contributed by atoms with E-state index in [2.05, 4.69) is 15.0 Å². The molecule has 106 valence electrons. The average molecular weight is 341 g/mol. The maximum Gasteiger partial charge on any atom is 0.265 e. The summed E-state index contributed by atoms with van der Waals surface area (Å²) < 4.78 is 5.38. The lowest BCUT2D eigenvalue weighted by Crippen LogP contribution is -1.93. The van der Waals surface area contributed by atoms with Crippen LogP contribution >= 0.6 is 34.8 Å². The Labute approximate surface area is 135 Å². The van der Waals surface area contributed by atoms with Gasteiger partial charge in [0.05, 0.1) is 5.69 Å². The molecular weight excluding hydrogens is 333 g/mol. The van der Waals surface area contributed by atoms with Gasteiger partial charge < -0.3 is 4.42 Å². The van der Waals surface area contributed by atoms with Crippen LogP contribution in [-0.2, 0) is 6.42 Å². The van der Waals surface area contributed by atoms with Crippen molar-refractivity contribution < 1.29 is 4.42 Å². The van der Waals surface area contributed by atoms with Crippen LogP contribution in [-0.4, -0.2) is 15.0 Å². The topological polar surface area (TPSA) is 51.8 Å². The first kappa shape index (κ1) is 14.3. The van der Waals surface area contributed by atoms with E-state index in [-0.39, 0.29) is 27.0 Å². The molecule has 0 aliphatic carbocycles. The lowest BCUT2D eigenvalue weighted by Gasteiger charge is -1.99. The van der Waals surface area contributed by atoms with Crippen LogP contribution in [0.2, 0.25) is 15.3 Å². The Hall–Kier alpha value is -1.62. The average Bonchev–Trinajstić information content (AvgIpc) is 2.94. The smallest absolute Gasteiger partial charge is 0.265 e. The SMILES string of the molecule is Clc1nc(-c2nc(Cc3ccccc3)co2)nc(Cl)c1Cl. The molecule has 1 aromatic carbocycles. The highest BCUT2D eigenvalue weighted by atomic mass is 35.5. The molecular formula is C14H8Cl3N3O. The quantitative estimate of drug-likeness (QED) is 0.649. The first-order valence-corrected chi connectivity index (χ1v) is 7.14. The van der Waals surface area contributed by atoms with Gasteiger partial charge in [-0.05, 0) is 5.56 Å². The van der Waals surface area contributed by atoms with Crippen molar-refractivity contribution in [1.29, 1.82) is 0 Å². The molecule has 0 unspecified atom stereocenters. The third kappa shape index (κ3) is 3.18. The van der Waals surface area contributed by atoms with Crippen molar-refractivity contribution in [3.05, 3.63) is 63.2 Å². The molecule has 3 rings (SSSR count). The van der Waals surface area contributed by atoms with Gasteiger partial charge in [0.25, 0.3) is 5.89 Å².